The van der Waals surface area contributed by atoms with E-state index in [1.54, 1.807) is 31.4 Å². The molecule has 8 nitrogen and oxygen atoms in total. The highest BCUT2D eigenvalue weighted by Gasteiger charge is 2.21. The van der Waals surface area contributed by atoms with Crippen molar-refractivity contribution in [3.05, 3.63) is 60.0 Å². The van der Waals surface area contributed by atoms with Crippen LogP contribution in [0.15, 0.2) is 57.7 Å². The van der Waals surface area contributed by atoms with E-state index < -0.39 is 0 Å². The molecule has 0 atom stereocenters. The summed E-state index contributed by atoms with van der Waals surface area (Å²) in [5, 5.41) is 7.40. The van der Waals surface area contributed by atoms with Crippen molar-refractivity contribution in [2.24, 2.45) is 7.05 Å². The first-order valence-corrected chi connectivity index (χ1v) is 8.65. The SMILES string of the molecule is Cc1noc2nc(-c3ccco3)cc(C(=O)Nc3nc4ccccc4n3C)c12. The Bertz CT molecular complexity index is 1330. The van der Waals surface area contributed by atoms with Crippen molar-refractivity contribution in [2.75, 3.05) is 5.32 Å². The highest BCUT2D eigenvalue weighted by atomic mass is 16.5. The molecule has 0 aliphatic rings. The topological polar surface area (TPSA) is 99.0 Å². The van der Waals surface area contributed by atoms with Gasteiger partial charge in [-0.3, -0.25) is 10.1 Å². The fourth-order valence-electron chi connectivity index (χ4n) is 3.25. The quantitative estimate of drug-likeness (QED) is 0.514. The molecule has 0 aliphatic heterocycles. The number of rotatable bonds is 3. The number of anilines is 1. The zero-order valence-electron chi connectivity index (χ0n) is 15.1. The number of para-hydroxylation sites is 2. The number of carbonyl (C=O) groups is 1. The van der Waals surface area contributed by atoms with Gasteiger partial charge in [0.1, 0.15) is 5.69 Å². The summed E-state index contributed by atoms with van der Waals surface area (Å²) in [6.45, 7) is 1.77. The number of aromatic nitrogens is 4. The van der Waals surface area contributed by atoms with E-state index in [-0.39, 0.29) is 11.6 Å². The zero-order valence-corrected chi connectivity index (χ0v) is 15.1. The Kier molecular flexibility index (Phi) is 3.51. The summed E-state index contributed by atoms with van der Waals surface area (Å²) < 4.78 is 12.5. The minimum atomic E-state index is -0.329. The third-order valence-corrected chi connectivity index (χ3v) is 4.65. The van der Waals surface area contributed by atoms with Crippen LogP contribution in [-0.2, 0) is 7.05 Å². The van der Waals surface area contributed by atoms with Gasteiger partial charge >= 0.3 is 0 Å². The van der Waals surface area contributed by atoms with Crippen LogP contribution in [0.2, 0.25) is 0 Å². The molecule has 0 saturated heterocycles. The maximum absolute atomic E-state index is 13.1. The number of amides is 1. The Labute approximate surface area is 158 Å². The summed E-state index contributed by atoms with van der Waals surface area (Å²) in [6.07, 6.45) is 1.55. The number of pyridine rings is 1. The van der Waals surface area contributed by atoms with Crippen molar-refractivity contribution >= 4 is 34.0 Å². The molecule has 1 aromatic carbocycles. The lowest BCUT2D eigenvalue weighted by molar-refractivity contribution is 0.102. The number of imidazole rings is 1. The lowest BCUT2D eigenvalue weighted by Gasteiger charge is -2.07. The lowest BCUT2D eigenvalue weighted by atomic mass is 10.1. The van der Waals surface area contributed by atoms with Crippen LogP contribution in [-0.4, -0.2) is 25.6 Å². The fourth-order valence-corrected chi connectivity index (χ4v) is 3.25. The van der Waals surface area contributed by atoms with Gasteiger partial charge in [0, 0.05) is 7.05 Å². The Morgan fingerprint density at radius 2 is 2.00 bits per heavy atom. The zero-order chi connectivity index (χ0) is 19.3. The average molecular weight is 373 g/mol. The minimum Gasteiger partial charge on any atom is -0.463 e. The lowest BCUT2D eigenvalue weighted by Crippen LogP contribution is -2.16. The van der Waals surface area contributed by atoms with Gasteiger partial charge in [0.2, 0.25) is 5.95 Å². The van der Waals surface area contributed by atoms with E-state index >= 15 is 0 Å². The predicted octanol–water partition coefficient (Wildman–Crippen LogP) is 3.93. The van der Waals surface area contributed by atoms with Crippen molar-refractivity contribution in [3.63, 3.8) is 0 Å². The van der Waals surface area contributed by atoms with E-state index in [1.165, 1.54) is 0 Å². The molecule has 1 amide bonds. The molecule has 0 unspecified atom stereocenters. The smallest absolute Gasteiger partial charge is 0.259 e. The van der Waals surface area contributed by atoms with E-state index in [0.29, 0.717) is 34.0 Å². The molecule has 5 aromatic rings. The van der Waals surface area contributed by atoms with Gasteiger partial charge in [-0.15, -0.1) is 0 Å². The van der Waals surface area contributed by atoms with Crippen molar-refractivity contribution < 1.29 is 13.7 Å². The maximum Gasteiger partial charge on any atom is 0.259 e. The Hall–Kier alpha value is -3.94. The second-order valence-electron chi connectivity index (χ2n) is 6.42. The molecule has 4 aromatic heterocycles. The molecule has 28 heavy (non-hydrogen) atoms. The predicted molar refractivity (Wildman–Crippen MR) is 103 cm³/mol. The molecule has 5 rings (SSSR count). The standard InChI is InChI=1S/C20H15N5O3/c1-11-17-12(10-14(16-8-5-9-27-16)21-19(17)28-24-11)18(26)23-20-22-13-6-3-4-7-15(13)25(20)2/h3-10H,1-2H3,(H,22,23,26). The summed E-state index contributed by atoms with van der Waals surface area (Å²) in [4.78, 5) is 22.1. The molecule has 0 spiro atoms. The van der Waals surface area contributed by atoms with Crippen molar-refractivity contribution in [1.29, 1.82) is 0 Å². The van der Waals surface area contributed by atoms with Crippen molar-refractivity contribution in [2.45, 2.75) is 6.92 Å². The van der Waals surface area contributed by atoms with Gasteiger partial charge in [-0.25, -0.2) is 9.97 Å². The highest BCUT2D eigenvalue weighted by molar-refractivity contribution is 6.12. The number of nitrogens with zero attached hydrogens (tertiary/aromatic N) is 4. The second kappa shape index (κ2) is 6.05. The third-order valence-electron chi connectivity index (χ3n) is 4.65. The maximum atomic E-state index is 13.1. The van der Waals surface area contributed by atoms with Crippen LogP contribution in [0.5, 0.6) is 0 Å². The first-order valence-electron chi connectivity index (χ1n) is 8.65. The van der Waals surface area contributed by atoms with Gasteiger partial charge in [0.15, 0.2) is 5.76 Å². The minimum absolute atomic E-state index is 0.279. The van der Waals surface area contributed by atoms with Crippen LogP contribution in [0.25, 0.3) is 33.6 Å². The number of hydrogen-bond donors (Lipinski definition) is 1. The van der Waals surface area contributed by atoms with E-state index in [4.69, 9.17) is 8.94 Å². The summed E-state index contributed by atoms with van der Waals surface area (Å²) in [5.41, 5.74) is 3.48. The molecule has 0 radical (unpaired) electrons. The van der Waals surface area contributed by atoms with E-state index in [9.17, 15) is 4.79 Å². The molecule has 0 aliphatic carbocycles. The molecule has 138 valence electrons. The molecule has 0 bridgehead atoms. The summed E-state index contributed by atoms with van der Waals surface area (Å²) in [7, 11) is 1.85. The number of aryl methyl sites for hydroxylation is 2. The van der Waals surface area contributed by atoms with E-state index in [1.807, 2.05) is 35.9 Å². The third kappa shape index (κ3) is 2.46. The highest BCUT2D eigenvalue weighted by Crippen LogP contribution is 2.28. The Morgan fingerprint density at radius 1 is 1.14 bits per heavy atom. The first kappa shape index (κ1) is 16.2. The van der Waals surface area contributed by atoms with E-state index in [0.717, 1.165) is 11.0 Å². The number of hydrogen-bond acceptors (Lipinski definition) is 6. The van der Waals surface area contributed by atoms with Crippen molar-refractivity contribution in [1.82, 2.24) is 19.7 Å². The van der Waals surface area contributed by atoms with Crippen LogP contribution in [0, 0.1) is 6.92 Å². The van der Waals surface area contributed by atoms with E-state index in [2.05, 4.69) is 20.4 Å². The van der Waals surface area contributed by atoms with Gasteiger partial charge in [-0.1, -0.05) is 17.3 Å². The summed E-state index contributed by atoms with van der Waals surface area (Å²) in [6, 6.07) is 12.9. The van der Waals surface area contributed by atoms with Gasteiger partial charge in [0.05, 0.1) is 33.9 Å². The number of nitrogens with one attached hydrogen (secondary N) is 1. The van der Waals surface area contributed by atoms with Gasteiger partial charge in [-0.2, -0.15) is 0 Å². The monoisotopic (exact) mass is 373 g/mol. The molecular weight excluding hydrogens is 358 g/mol. The number of furan rings is 1. The number of fused-ring (bicyclic) bond motifs is 2. The van der Waals surface area contributed by atoms with Crippen LogP contribution in [0.1, 0.15) is 16.1 Å². The second-order valence-corrected chi connectivity index (χ2v) is 6.42. The van der Waals surface area contributed by atoms with Gasteiger partial charge in [-0.05, 0) is 37.3 Å². The Balaban J connectivity index is 1.62. The van der Waals surface area contributed by atoms with Crippen LogP contribution < -0.4 is 5.32 Å². The molecule has 8 heteroatoms. The molecule has 1 N–H and O–H groups in total. The van der Waals surface area contributed by atoms with Crippen molar-refractivity contribution in [3.8, 4) is 11.5 Å². The molecule has 0 saturated carbocycles. The largest absolute Gasteiger partial charge is 0.463 e. The van der Waals surface area contributed by atoms with Gasteiger partial charge < -0.3 is 13.5 Å². The summed E-state index contributed by atoms with van der Waals surface area (Å²) in [5.74, 6) is 0.655. The Morgan fingerprint density at radius 3 is 2.79 bits per heavy atom. The normalized spacial score (nSPS) is 11.4. The summed E-state index contributed by atoms with van der Waals surface area (Å²) >= 11 is 0. The first-order chi connectivity index (χ1) is 13.6. The van der Waals surface area contributed by atoms with Crippen LogP contribution >= 0.6 is 0 Å². The van der Waals surface area contributed by atoms with Crippen LogP contribution in [0.3, 0.4) is 0 Å². The fraction of sp³-hybridized carbons (Fsp3) is 0.100. The molecule has 0 fully saturated rings. The number of carbonyl (C=O) groups excluding carboxylic acids is 1. The number of benzene rings is 1. The molecular formula is C20H15N5O3. The van der Waals surface area contributed by atoms with Crippen LogP contribution in [0.4, 0.5) is 5.95 Å². The molecule has 4 heterocycles. The average Bonchev–Trinajstić information content (AvgIpc) is 3.43. The van der Waals surface area contributed by atoms with Gasteiger partial charge in [0.25, 0.3) is 11.6 Å².